The number of hydrogen-bond donors (Lipinski definition) is 1. The van der Waals surface area contributed by atoms with E-state index >= 15 is 0 Å². The SMILES string of the molecule is CCC1CN(C(=O)Cc2ccc(F)cc2F)CC/C1=N\O. The van der Waals surface area contributed by atoms with Crippen LogP contribution in [0.25, 0.3) is 0 Å². The van der Waals surface area contributed by atoms with Gasteiger partial charge in [0.05, 0.1) is 12.1 Å². The van der Waals surface area contributed by atoms with Crippen LogP contribution in [0.3, 0.4) is 0 Å². The van der Waals surface area contributed by atoms with E-state index in [9.17, 15) is 13.6 Å². The van der Waals surface area contributed by atoms with Gasteiger partial charge in [-0.05, 0) is 18.1 Å². The van der Waals surface area contributed by atoms with Crippen molar-refractivity contribution in [1.29, 1.82) is 0 Å². The minimum Gasteiger partial charge on any atom is -0.411 e. The molecule has 1 heterocycles. The summed E-state index contributed by atoms with van der Waals surface area (Å²) < 4.78 is 26.4. The second kappa shape index (κ2) is 6.65. The van der Waals surface area contributed by atoms with Gasteiger partial charge in [0, 0.05) is 31.5 Å². The Morgan fingerprint density at radius 3 is 2.86 bits per heavy atom. The number of carbonyl (C=O) groups excluding carboxylic acids is 1. The highest BCUT2D eigenvalue weighted by Crippen LogP contribution is 2.19. The molecule has 1 amide bonds. The number of nitrogens with zero attached hydrogens (tertiary/aromatic N) is 2. The lowest BCUT2D eigenvalue weighted by Gasteiger charge is -2.33. The highest BCUT2D eigenvalue weighted by Gasteiger charge is 2.27. The predicted octanol–water partition coefficient (Wildman–Crippen LogP) is 2.60. The van der Waals surface area contributed by atoms with Crippen LogP contribution in [0, 0.1) is 17.6 Å². The summed E-state index contributed by atoms with van der Waals surface area (Å²) in [6, 6.07) is 3.22. The van der Waals surface area contributed by atoms with Crippen LogP contribution in [-0.2, 0) is 11.2 Å². The number of halogens is 2. The lowest BCUT2D eigenvalue weighted by molar-refractivity contribution is -0.131. The van der Waals surface area contributed by atoms with Crippen LogP contribution < -0.4 is 0 Å². The molecule has 0 aromatic heterocycles. The molecule has 4 nitrogen and oxygen atoms in total. The number of likely N-dealkylation sites (tertiary alicyclic amines) is 1. The van der Waals surface area contributed by atoms with Crippen molar-refractivity contribution in [2.75, 3.05) is 13.1 Å². The van der Waals surface area contributed by atoms with Gasteiger partial charge in [0.25, 0.3) is 0 Å². The van der Waals surface area contributed by atoms with Gasteiger partial charge in [-0.2, -0.15) is 0 Å². The van der Waals surface area contributed by atoms with Crippen molar-refractivity contribution in [1.82, 2.24) is 4.90 Å². The number of rotatable bonds is 3. The summed E-state index contributed by atoms with van der Waals surface area (Å²) in [5, 5.41) is 12.2. The van der Waals surface area contributed by atoms with Crippen LogP contribution in [0.5, 0.6) is 0 Å². The van der Waals surface area contributed by atoms with Crippen LogP contribution in [-0.4, -0.2) is 34.8 Å². The van der Waals surface area contributed by atoms with E-state index in [0.29, 0.717) is 25.2 Å². The van der Waals surface area contributed by atoms with Crippen molar-refractivity contribution in [3.05, 3.63) is 35.4 Å². The number of hydrogen-bond acceptors (Lipinski definition) is 3. The van der Waals surface area contributed by atoms with Crippen molar-refractivity contribution in [3.63, 3.8) is 0 Å². The summed E-state index contributed by atoms with van der Waals surface area (Å²) in [6.45, 7) is 2.89. The molecule has 1 aromatic carbocycles. The Balaban J connectivity index is 2.04. The summed E-state index contributed by atoms with van der Waals surface area (Å²) in [6.07, 6.45) is 1.20. The van der Waals surface area contributed by atoms with E-state index in [0.717, 1.165) is 18.6 Å². The number of benzene rings is 1. The molecule has 0 bridgehead atoms. The van der Waals surface area contributed by atoms with Gasteiger partial charge < -0.3 is 10.1 Å². The highest BCUT2D eigenvalue weighted by atomic mass is 19.1. The van der Waals surface area contributed by atoms with Crippen molar-refractivity contribution in [3.8, 4) is 0 Å². The Hall–Kier alpha value is -1.98. The first kappa shape index (κ1) is 15.4. The fraction of sp³-hybridized carbons (Fsp3) is 0.467. The normalized spacial score (nSPS) is 20.8. The molecule has 6 heteroatoms. The van der Waals surface area contributed by atoms with E-state index < -0.39 is 11.6 Å². The van der Waals surface area contributed by atoms with E-state index in [2.05, 4.69) is 5.16 Å². The smallest absolute Gasteiger partial charge is 0.227 e. The summed E-state index contributed by atoms with van der Waals surface area (Å²) in [7, 11) is 0. The molecular formula is C15H18F2N2O2. The maximum atomic E-state index is 13.6. The Kier molecular flexibility index (Phi) is 4.88. The standard InChI is InChI=1S/C15H18F2N2O2/c1-2-10-9-19(6-5-14(10)18-21)15(20)7-11-3-4-12(16)8-13(11)17/h3-4,8,10,21H,2,5-7,9H2,1H3/b18-14+. The topological polar surface area (TPSA) is 52.9 Å². The van der Waals surface area contributed by atoms with E-state index in [1.165, 1.54) is 6.07 Å². The molecular weight excluding hydrogens is 278 g/mol. The number of piperidine rings is 1. The zero-order chi connectivity index (χ0) is 15.4. The second-order valence-electron chi connectivity index (χ2n) is 5.20. The first-order valence-corrected chi connectivity index (χ1v) is 6.97. The van der Waals surface area contributed by atoms with Crippen molar-refractivity contribution >= 4 is 11.6 Å². The number of oxime groups is 1. The fourth-order valence-electron chi connectivity index (χ4n) is 2.58. The molecule has 1 aliphatic heterocycles. The van der Waals surface area contributed by atoms with Gasteiger partial charge in [0.1, 0.15) is 11.6 Å². The third-order valence-electron chi connectivity index (χ3n) is 3.88. The van der Waals surface area contributed by atoms with Crippen molar-refractivity contribution in [2.45, 2.75) is 26.2 Å². The third-order valence-corrected chi connectivity index (χ3v) is 3.88. The van der Waals surface area contributed by atoms with Crippen LogP contribution in [0.2, 0.25) is 0 Å². The lowest BCUT2D eigenvalue weighted by Crippen LogP contribution is -2.44. The zero-order valence-electron chi connectivity index (χ0n) is 11.9. The van der Waals surface area contributed by atoms with Gasteiger partial charge in [0.15, 0.2) is 0 Å². The molecule has 1 aromatic rings. The molecule has 21 heavy (non-hydrogen) atoms. The number of amides is 1. The summed E-state index contributed by atoms with van der Waals surface area (Å²) >= 11 is 0. The minimum absolute atomic E-state index is 0.0331. The molecule has 1 N–H and O–H groups in total. The highest BCUT2D eigenvalue weighted by molar-refractivity contribution is 5.89. The molecule has 2 rings (SSSR count). The molecule has 1 unspecified atom stereocenters. The van der Waals surface area contributed by atoms with Gasteiger partial charge >= 0.3 is 0 Å². The lowest BCUT2D eigenvalue weighted by atomic mass is 9.93. The van der Waals surface area contributed by atoms with Gasteiger partial charge in [-0.3, -0.25) is 4.79 Å². The van der Waals surface area contributed by atoms with E-state index in [-0.39, 0.29) is 23.8 Å². The van der Waals surface area contributed by atoms with E-state index in [4.69, 9.17) is 5.21 Å². The molecule has 1 aliphatic rings. The van der Waals surface area contributed by atoms with Crippen molar-refractivity contribution in [2.24, 2.45) is 11.1 Å². The average molecular weight is 296 g/mol. The maximum Gasteiger partial charge on any atom is 0.227 e. The second-order valence-corrected chi connectivity index (χ2v) is 5.20. The molecule has 114 valence electrons. The van der Waals surface area contributed by atoms with Crippen LogP contribution in [0.15, 0.2) is 23.4 Å². The Morgan fingerprint density at radius 1 is 1.48 bits per heavy atom. The Bertz CT molecular complexity index is 561. The monoisotopic (exact) mass is 296 g/mol. The van der Waals surface area contributed by atoms with E-state index in [1.54, 1.807) is 4.90 Å². The Labute approximate surface area is 122 Å². The predicted molar refractivity (Wildman–Crippen MR) is 74.3 cm³/mol. The summed E-state index contributed by atoms with van der Waals surface area (Å²) in [4.78, 5) is 13.9. The third kappa shape index (κ3) is 3.56. The first-order valence-electron chi connectivity index (χ1n) is 6.97. The molecule has 1 atom stereocenters. The van der Waals surface area contributed by atoms with Gasteiger partial charge in [-0.25, -0.2) is 8.78 Å². The van der Waals surface area contributed by atoms with Crippen LogP contribution in [0.1, 0.15) is 25.3 Å². The minimum atomic E-state index is -0.704. The van der Waals surface area contributed by atoms with Gasteiger partial charge in [-0.15, -0.1) is 0 Å². The summed E-state index contributed by atoms with van der Waals surface area (Å²) in [5.74, 6) is -1.52. The molecule has 0 spiro atoms. The zero-order valence-corrected chi connectivity index (χ0v) is 11.9. The molecule has 0 saturated carbocycles. The molecule has 0 aliphatic carbocycles. The fourth-order valence-corrected chi connectivity index (χ4v) is 2.58. The maximum absolute atomic E-state index is 13.6. The largest absolute Gasteiger partial charge is 0.411 e. The average Bonchev–Trinajstić information content (AvgIpc) is 2.49. The van der Waals surface area contributed by atoms with Crippen LogP contribution >= 0.6 is 0 Å². The Morgan fingerprint density at radius 2 is 2.24 bits per heavy atom. The quantitative estimate of drug-likeness (QED) is 0.688. The molecule has 1 fully saturated rings. The summed E-state index contributed by atoms with van der Waals surface area (Å²) in [5.41, 5.74) is 0.894. The van der Waals surface area contributed by atoms with Gasteiger partial charge in [0.2, 0.25) is 5.91 Å². The van der Waals surface area contributed by atoms with Gasteiger partial charge in [-0.1, -0.05) is 18.1 Å². The van der Waals surface area contributed by atoms with Crippen molar-refractivity contribution < 1.29 is 18.8 Å². The first-order chi connectivity index (χ1) is 10.0. The molecule has 0 radical (unpaired) electrons. The number of carbonyl (C=O) groups is 1. The van der Waals surface area contributed by atoms with E-state index in [1.807, 2.05) is 6.92 Å². The van der Waals surface area contributed by atoms with Crippen LogP contribution in [0.4, 0.5) is 8.78 Å². The molecule has 1 saturated heterocycles.